The van der Waals surface area contributed by atoms with Crippen LogP contribution < -0.4 is 0 Å². The highest BCUT2D eigenvalue weighted by molar-refractivity contribution is 9.10. The average molecular weight is 209 g/mol. The zero-order valence-electron chi connectivity index (χ0n) is 6.18. The minimum atomic E-state index is 1.06. The average Bonchev–Trinajstić information content (AvgIpc) is 2.05. The van der Waals surface area contributed by atoms with E-state index in [0.29, 0.717) is 0 Å². The summed E-state index contributed by atoms with van der Waals surface area (Å²) in [5, 5.41) is 0. The van der Waals surface area contributed by atoms with Gasteiger partial charge in [-0.2, -0.15) is 0 Å². The Morgan fingerprint density at radius 1 is 1.09 bits per heavy atom. The van der Waals surface area contributed by atoms with Gasteiger partial charge in [0.15, 0.2) is 0 Å². The molecular weight excluding hydrogens is 200 g/mol. The Morgan fingerprint density at radius 3 is 1.91 bits per heavy atom. The summed E-state index contributed by atoms with van der Waals surface area (Å²) < 4.78 is 1.06. The van der Waals surface area contributed by atoms with Crippen molar-refractivity contribution in [2.75, 3.05) is 0 Å². The molecule has 0 fully saturated rings. The molecule has 0 aliphatic rings. The minimum absolute atomic E-state index is 1.06. The van der Waals surface area contributed by atoms with Gasteiger partial charge in [-0.3, -0.25) is 0 Å². The zero-order chi connectivity index (χ0) is 8.27. The van der Waals surface area contributed by atoms with Crippen molar-refractivity contribution in [3.63, 3.8) is 0 Å². The third-order valence-corrected chi connectivity index (χ3v) is 2.41. The molecule has 1 aromatic rings. The molecule has 0 atom stereocenters. The molecule has 0 aliphatic heterocycles. The first-order chi connectivity index (χ1) is 5.29. The summed E-state index contributed by atoms with van der Waals surface area (Å²) in [7, 11) is 0. The second-order valence-corrected chi connectivity index (χ2v) is 2.95. The Hall–Kier alpha value is -0.820. The third kappa shape index (κ3) is 1.60. The van der Waals surface area contributed by atoms with E-state index in [1.165, 1.54) is 0 Å². The highest BCUT2D eigenvalue weighted by atomic mass is 79.9. The van der Waals surface area contributed by atoms with Crippen LogP contribution >= 0.6 is 15.9 Å². The Balaban J connectivity index is 3.30. The van der Waals surface area contributed by atoms with Crippen LogP contribution in [0.4, 0.5) is 0 Å². The monoisotopic (exact) mass is 208 g/mol. The molecule has 0 saturated carbocycles. The van der Waals surface area contributed by atoms with Crippen molar-refractivity contribution in [2.45, 2.75) is 0 Å². The van der Waals surface area contributed by atoms with E-state index in [4.69, 9.17) is 0 Å². The number of hydrogen-bond acceptors (Lipinski definition) is 0. The summed E-state index contributed by atoms with van der Waals surface area (Å²) >= 11 is 3.46. The van der Waals surface area contributed by atoms with Gasteiger partial charge in [0.05, 0.1) is 0 Å². The van der Waals surface area contributed by atoms with E-state index >= 15 is 0 Å². The Morgan fingerprint density at radius 2 is 1.55 bits per heavy atom. The largest absolute Gasteiger partial charge is 0.0984 e. The molecular formula is C10H9Br. The molecule has 0 nitrogen and oxygen atoms in total. The molecule has 1 heteroatoms. The summed E-state index contributed by atoms with van der Waals surface area (Å²) in [5.74, 6) is 0. The van der Waals surface area contributed by atoms with Gasteiger partial charge in [-0.15, -0.1) is 0 Å². The van der Waals surface area contributed by atoms with Crippen LogP contribution in [-0.4, -0.2) is 0 Å². The number of halogens is 1. The predicted molar refractivity (Wildman–Crippen MR) is 54.3 cm³/mol. The first-order valence-electron chi connectivity index (χ1n) is 3.33. The molecule has 0 saturated heterocycles. The van der Waals surface area contributed by atoms with Crippen molar-refractivity contribution in [3.05, 3.63) is 47.0 Å². The van der Waals surface area contributed by atoms with Crippen LogP contribution in [0, 0.1) is 0 Å². The molecule has 0 radical (unpaired) electrons. The Labute approximate surface area is 75.4 Å². The lowest BCUT2D eigenvalue weighted by atomic mass is 10.1. The second kappa shape index (κ2) is 3.54. The van der Waals surface area contributed by atoms with E-state index in [-0.39, 0.29) is 0 Å². The molecule has 0 N–H and O–H groups in total. The van der Waals surface area contributed by atoms with Crippen LogP contribution in [0.3, 0.4) is 0 Å². The van der Waals surface area contributed by atoms with Gasteiger partial charge in [0.25, 0.3) is 0 Å². The molecule has 0 aromatic heterocycles. The highest BCUT2D eigenvalue weighted by Gasteiger charge is 1.97. The van der Waals surface area contributed by atoms with Crippen LogP contribution in [0.25, 0.3) is 12.2 Å². The fraction of sp³-hybridized carbons (Fsp3) is 0. The maximum Gasteiger partial charge on any atom is 0.0319 e. The van der Waals surface area contributed by atoms with Crippen molar-refractivity contribution in [2.24, 2.45) is 0 Å². The first-order valence-corrected chi connectivity index (χ1v) is 4.12. The molecule has 0 spiro atoms. The van der Waals surface area contributed by atoms with Crippen LogP contribution in [0.15, 0.2) is 35.8 Å². The lowest BCUT2D eigenvalue weighted by molar-refractivity contribution is 1.57. The normalized spacial score (nSPS) is 9.18. The fourth-order valence-electron chi connectivity index (χ4n) is 0.884. The number of rotatable bonds is 2. The van der Waals surface area contributed by atoms with Crippen molar-refractivity contribution >= 4 is 28.1 Å². The maximum absolute atomic E-state index is 3.70. The number of benzene rings is 1. The van der Waals surface area contributed by atoms with E-state index in [2.05, 4.69) is 29.1 Å². The van der Waals surface area contributed by atoms with Crippen LogP contribution in [-0.2, 0) is 0 Å². The van der Waals surface area contributed by atoms with E-state index in [1.807, 2.05) is 30.4 Å². The fourth-order valence-corrected chi connectivity index (χ4v) is 1.47. The van der Waals surface area contributed by atoms with Gasteiger partial charge in [0, 0.05) is 4.47 Å². The van der Waals surface area contributed by atoms with E-state index in [9.17, 15) is 0 Å². The summed E-state index contributed by atoms with van der Waals surface area (Å²) in [6, 6.07) is 5.99. The second-order valence-electron chi connectivity index (χ2n) is 2.16. The molecule has 0 aliphatic carbocycles. The van der Waals surface area contributed by atoms with Crippen LogP contribution in [0.2, 0.25) is 0 Å². The van der Waals surface area contributed by atoms with Gasteiger partial charge in [-0.1, -0.05) is 43.5 Å². The third-order valence-electron chi connectivity index (χ3n) is 1.50. The molecule has 11 heavy (non-hydrogen) atoms. The Kier molecular flexibility index (Phi) is 2.66. The summed E-state index contributed by atoms with van der Waals surface area (Å²) in [6.45, 7) is 7.41. The molecule has 56 valence electrons. The standard InChI is InChI=1S/C10H9Br/c1-3-8-6-5-7-9(4-2)10(8)11/h3-7H,1-2H2. The zero-order valence-corrected chi connectivity index (χ0v) is 7.76. The topological polar surface area (TPSA) is 0 Å². The molecule has 0 bridgehead atoms. The highest BCUT2D eigenvalue weighted by Crippen LogP contribution is 2.23. The van der Waals surface area contributed by atoms with Crippen molar-refractivity contribution in [3.8, 4) is 0 Å². The lowest BCUT2D eigenvalue weighted by Crippen LogP contribution is -1.78. The van der Waals surface area contributed by atoms with Crippen LogP contribution in [0.1, 0.15) is 11.1 Å². The van der Waals surface area contributed by atoms with Gasteiger partial charge in [0.1, 0.15) is 0 Å². The van der Waals surface area contributed by atoms with Gasteiger partial charge >= 0.3 is 0 Å². The lowest BCUT2D eigenvalue weighted by Gasteiger charge is -2.00. The van der Waals surface area contributed by atoms with E-state index in [0.717, 1.165) is 15.6 Å². The SMILES string of the molecule is C=Cc1cccc(C=C)c1Br. The predicted octanol–water partition coefficient (Wildman–Crippen LogP) is 3.74. The molecule has 1 rings (SSSR count). The quantitative estimate of drug-likeness (QED) is 0.695. The maximum atomic E-state index is 3.70. The molecule has 0 unspecified atom stereocenters. The smallest absolute Gasteiger partial charge is 0.0319 e. The summed E-state index contributed by atoms with van der Waals surface area (Å²) in [4.78, 5) is 0. The van der Waals surface area contributed by atoms with Gasteiger partial charge in [0.2, 0.25) is 0 Å². The van der Waals surface area contributed by atoms with Crippen molar-refractivity contribution < 1.29 is 0 Å². The number of hydrogen-bond donors (Lipinski definition) is 0. The van der Waals surface area contributed by atoms with E-state index < -0.39 is 0 Å². The van der Waals surface area contributed by atoms with Gasteiger partial charge in [-0.05, 0) is 27.1 Å². The van der Waals surface area contributed by atoms with Gasteiger partial charge < -0.3 is 0 Å². The Bertz CT molecular complexity index is 261. The van der Waals surface area contributed by atoms with Crippen molar-refractivity contribution in [1.29, 1.82) is 0 Å². The molecule has 1 aromatic carbocycles. The van der Waals surface area contributed by atoms with E-state index in [1.54, 1.807) is 0 Å². The van der Waals surface area contributed by atoms with Gasteiger partial charge in [-0.25, -0.2) is 0 Å². The molecule has 0 amide bonds. The summed E-state index contributed by atoms with van der Waals surface area (Å²) in [6.07, 6.45) is 3.63. The first kappa shape index (κ1) is 8.28. The molecule has 0 heterocycles. The van der Waals surface area contributed by atoms with Crippen LogP contribution in [0.5, 0.6) is 0 Å². The minimum Gasteiger partial charge on any atom is -0.0984 e. The summed E-state index contributed by atoms with van der Waals surface area (Å²) in [5.41, 5.74) is 2.20. The van der Waals surface area contributed by atoms with Crippen molar-refractivity contribution in [1.82, 2.24) is 0 Å².